The molecule has 1 aliphatic heterocycles. The second-order valence-corrected chi connectivity index (χ2v) is 8.87. The van der Waals surface area contributed by atoms with Crippen LogP contribution < -0.4 is 0 Å². The van der Waals surface area contributed by atoms with Crippen LogP contribution in [0.25, 0.3) is 11.1 Å². The summed E-state index contributed by atoms with van der Waals surface area (Å²) in [6.45, 7) is 0.775. The van der Waals surface area contributed by atoms with E-state index in [-0.39, 0.29) is 6.04 Å². The van der Waals surface area contributed by atoms with Crippen LogP contribution in [0, 0.1) is 0 Å². The summed E-state index contributed by atoms with van der Waals surface area (Å²) in [6, 6.07) is 22.1. The van der Waals surface area contributed by atoms with Crippen LogP contribution in [0.4, 0.5) is 0 Å². The maximum absolute atomic E-state index is 11.9. The monoisotopic (exact) mass is 411 g/mol. The van der Waals surface area contributed by atoms with Crippen molar-refractivity contribution in [2.45, 2.75) is 31.3 Å². The van der Waals surface area contributed by atoms with Gasteiger partial charge in [-0.25, -0.2) is 0 Å². The molecule has 0 spiro atoms. The molecular formula is C23H22ClNO2S. The predicted octanol–water partition coefficient (Wildman–Crippen LogP) is 6.10. The fraction of sp³-hybridized carbons (Fsp3) is 0.261. The molecule has 2 heterocycles. The summed E-state index contributed by atoms with van der Waals surface area (Å²) >= 11 is 7.75. The second-order valence-electron chi connectivity index (χ2n) is 7.12. The van der Waals surface area contributed by atoms with Crippen molar-refractivity contribution in [1.29, 1.82) is 0 Å². The maximum atomic E-state index is 11.9. The van der Waals surface area contributed by atoms with Crippen molar-refractivity contribution in [2.24, 2.45) is 0 Å². The van der Waals surface area contributed by atoms with Crippen molar-refractivity contribution < 1.29 is 9.90 Å². The van der Waals surface area contributed by atoms with Crippen molar-refractivity contribution in [2.75, 3.05) is 6.54 Å². The van der Waals surface area contributed by atoms with Crippen LogP contribution >= 0.6 is 22.9 Å². The first kappa shape index (κ1) is 19.2. The number of hydrogen-bond acceptors (Lipinski definition) is 3. The van der Waals surface area contributed by atoms with Gasteiger partial charge >= 0.3 is 5.97 Å². The summed E-state index contributed by atoms with van der Waals surface area (Å²) < 4.78 is 0.727. The molecule has 5 heteroatoms. The Bertz CT molecular complexity index is 939. The van der Waals surface area contributed by atoms with Gasteiger partial charge in [-0.05, 0) is 48.2 Å². The zero-order valence-electron chi connectivity index (χ0n) is 15.4. The van der Waals surface area contributed by atoms with Crippen molar-refractivity contribution in [3.63, 3.8) is 0 Å². The van der Waals surface area contributed by atoms with E-state index in [9.17, 15) is 9.90 Å². The van der Waals surface area contributed by atoms with Crippen molar-refractivity contribution in [3.05, 3.63) is 81.5 Å². The Morgan fingerprint density at radius 2 is 1.71 bits per heavy atom. The minimum atomic E-state index is -0.742. The molecule has 0 saturated carbocycles. The highest BCUT2D eigenvalue weighted by molar-refractivity contribution is 7.16. The molecule has 28 heavy (non-hydrogen) atoms. The van der Waals surface area contributed by atoms with E-state index >= 15 is 0 Å². The minimum absolute atomic E-state index is 0.0938. The van der Waals surface area contributed by atoms with Gasteiger partial charge in [0.25, 0.3) is 0 Å². The molecule has 4 rings (SSSR count). The lowest BCUT2D eigenvalue weighted by molar-refractivity contribution is -0.145. The van der Waals surface area contributed by atoms with Crippen LogP contribution in [-0.2, 0) is 4.79 Å². The highest BCUT2D eigenvalue weighted by atomic mass is 35.5. The molecule has 1 aromatic heterocycles. The van der Waals surface area contributed by atoms with E-state index in [0.29, 0.717) is 6.42 Å². The van der Waals surface area contributed by atoms with Crippen LogP contribution in [0.3, 0.4) is 0 Å². The van der Waals surface area contributed by atoms with Crippen molar-refractivity contribution in [3.8, 4) is 11.1 Å². The van der Waals surface area contributed by atoms with E-state index < -0.39 is 12.0 Å². The summed E-state index contributed by atoms with van der Waals surface area (Å²) in [5.41, 5.74) is 3.43. The van der Waals surface area contributed by atoms with E-state index in [4.69, 9.17) is 11.6 Å². The largest absolute Gasteiger partial charge is 0.480 e. The zero-order valence-corrected chi connectivity index (χ0v) is 17.0. The summed E-state index contributed by atoms with van der Waals surface area (Å²) in [6.07, 6.45) is 2.66. The molecule has 0 bridgehead atoms. The van der Waals surface area contributed by atoms with Gasteiger partial charge in [-0.2, -0.15) is 0 Å². The van der Waals surface area contributed by atoms with Gasteiger partial charge in [-0.15, -0.1) is 11.3 Å². The van der Waals surface area contributed by atoms with Gasteiger partial charge in [0.1, 0.15) is 6.04 Å². The topological polar surface area (TPSA) is 40.5 Å². The Kier molecular flexibility index (Phi) is 5.81. The molecule has 2 atom stereocenters. The third-order valence-corrected chi connectivity index (χ3v) is 6.64. The molecule has 0 radical (unpaired) electrons. The molecule has 0 amide bonds. The van der Waals surface area contributed by atoms with Crippen LogP contribution in [0.1, 0.15) is 35.7 Å². The lowest BCUT2D eigenvalue weighted by Crippen LogP contribution is -2.46. The fourth-order valence-corrected chi connectivity index (χ4v) is 5.22. The number of likely N-dealkylation sites (tertiary alicyclic amines) is 1. The van der Waals surface area contributed by atoms with E-state index in [0.717, 1.165) is 39.7 Å². The number of carboxylic acids is 1. The third kappa shape index (κ3) is 4.00. The van der Waals surface area contributed by atoms with Gasteiger partial charge < -0.3 is 5.11 Å². The molecule has 1 saturated heterocycles. The fourth-order valence-electron chi connectivity index (χ4n) is 4.01. The lowest BCUT2D eigenvalue weighted by Gasteiger charge is -2.39. The molecule has 2 aromatic carbocycles. The summed E-state index contributed by atoms with van der Waals surface area (Å²) in [4.78, 5) is 15.1. The molecule has 0 aliphatic carbocycles. The van der Waals surface area contributed by atoms with E-state index in [1.807, 2.05) is 30.3 Å². The molecule has 2 unspecified atom stereocenters. The number of aliphatic carboxylic acids is 1. The van der Waals surface area contributed by atoms with Crippen molar-refractivity contribution in [1.82, 2.24) is 4.90 Å². The number of halogens is 1. The quantitative estimate of drug-likeness (QED) is 0.551. The Morgan fingerprint density at radius 3 is 2.36 bits per heavy atom. The van der Waals surface area contributed by atoms with Crippen LogP contribution in [0.5, 0.6) is 0 Å². The number of rotatable bonds is 5. The second kappa shape index (κ2) is 8.48. The molecule has 1 fully saturated rings. The van der Waals surface area contributed by atoms with Gasteiger partial charge in [0, 0.05) is 4.88 Å². The molecule has 144 valence electrons. The number of nitrogens with zero attached hydrogens (tertiary/aromatic N) is 1. The van der Waals surface area contributed by atoms with Crippen LogP contribution in [-0.4, -0.2) is 28.6 Å². The molecule has 1 N–H and O–H groups in total. The van der Waals surface area contributed by atoms with Gasteiger partial charge in [0.15, 0.2) is 0 Å². The van der Waals surface area contributed by atoms with Crippen LogP contribution in [0.2, 0.25) is 4.34 Å². The summed E-state index contributed by atoms with van der Waals surface area (Å²) in [5.74, 6) is -0.742. The summed E-state index contributed by atoms with van der Waals surface area (Å²) in [7, 11) is 0. The number of thiophene rings is 1. The lowest BCUT2D eigenvalue weighted by atomic mass is 9.94. The number of piperidine rings is 1. The zero-order chi connectivity index (χ0) is 19.5. The van der Waals surface area contributed by atoms with Gasteiger partial charge in [-0.3, -0.25) is 9.69 Å². The summed E-state index contributed by atoms with van der Waals surface area (Å²) in [5, 5.41) is 9.79. The van der Waals surface area contributed by atoms with E-state index in [1.54, 1.807) is 0 Å². The maximum Gasteiger partial charge on any atom is 0.320 e. The number of carboxylic acid groups (broad SMARTS) is 1. The SMILES string of the molecule is O=C(O)C1CCCCN1C(c1ccc(-c2ccccc2)cc1)c1ccc(Cl)s1. The van der Waals surface area contributed by atoms with E-state index in [2.05, 4.69) is 41.3 Å². The third-order valence-electron chi connectivity index (χ3n) is 5.36. The average molecular weight is 412 g/mol. The first-order chi connectivity index (χ1) is 13.6. The predicted molar refractivity (Wildman–Crippen MR) is 115 cm³/mol. The smallest absolute Gasteiger partial charge is 0.320 e. The van der Waals surface area contributed by atoms with Gasteiger partial charge in [-0.1, -0.05) is 72.6 Å². The van der Waals surface area contributed by atoms with Crippen LogP contribution in [0.15, 0.2) is 66.7 Å². The van der Waals surface area contributed by atoms with Gasteiger partial charge in [0.05, 0.1) is 10.4 Å². The first-order valence-corrected chi connectivity index (χ1v) is 10.7. The first-order valence-electron chi connectivity index (χ1n) is 9.52. The molecule has 3 nitrogen and oxygen atoms in total. The molecule has 1 aliphatic rings. The minimum Gasteiger partial charge on any atom is -0.480 e. The highest BCUT2D eigenvalue weighted by Crippen LogP contribution is 2.39. The number of carbonyl (C=O) groups is 1. The Balaban J connectivity index is 1.72. The Hall–Kier alpha value is -2.14. The Labute approximate surface area is 174 Å². The van der Waals surface area contributed by atoms with Crippen molar-refractivity contribution >= 4 is 28.9 Å². The number of benzene rings is 2. The molecule has 3 aromatic rings. The number of hydrogen-bond donors (Lipinski definition) is 1. The Morgan fingerprint density at radius 1 is 1.00 bits per heavy atom. The molecular weight excluding hydrogens is 390 g/mol. The normalized spacial score (nSPS) is 18.7. The standard InChI is InChI=1S/C23H22ClNO2S/c24-21-14-13-20(28-21)22(25-15-5-4-8-19(25)23(26)27)18-11-9-17(10-12-18)16-6-2-1-3-7-16/h1-3,6-7,9-14,19,22H,4-5,8,15H2,(H,26,27). The average Bonchev–Trinajstić information content (AvgIpc) is 3.15. The highest BCUT2D eigenvalue weighted by Gasteiger charge is 2.35. The van der Waals surface area contributed by atoms with Gasteiger partial charge in [0.2, 0.25) is 0 Å². The van der Waals surface area contributed by atoms with E-state index in [1.165, 1.54) is 16.9 Å².